The Morgan fingerprint density at radius 1 is 1.28 bits per heavy atom. The van der Waals surface area contributed by atoms with E-state index in [2.05, 4.69) is 18.8 Å². The second-order valence-electron chi connectivity index (χ2n) is 4.59. The van der Waals surface area contributed by atoms with Crippen LogP contribution >= 0.6 is 0 Å². The lowest BCUT2D eigenvalue weighted by atomic mass is 10.1. The fourth-order valence-corrected chi connectivity index (χ4v) is 2.07. The van der Waals surface area contributed by atoms with E-state index in [1.807, 2.05) is 6.07 Å². The molecular weight excluding hydrogens is 226 g/mol. The van der Waals surface area contributed by atoms with Crippen molar-refractivity contribution in [2.75, 3.05) is 16.5 Å². The highest BCUT2D eigenvalue weighted by atomic mass is 15.4. The van der Waals surface area contributed by atoms with E-state index < -0.39 is 0 Å². The Kier molecular flexibility index (Phi) is 5.71. The highest BCUT2D eigenvalue weighted by Crippen LogP contribution is 2.27. The molecule has 0 aromatic carbocycles. The van der Waals surface area contributed by atoms with E-state index in [4.69, 9.17) is 17.3 Å². The zero-order valence-electron chi connectivity index (χ0n) is 11.4. The van der Waals surface area contributed by atoms with Crippen LogP contribution in [0.2, 0.25) is 0 Å². The molecule has 0 saturated carbocycles. The number of unbranched alkanes of at least 4 members (excludes halogenated alkanes) is 2. The number of pyridine rings is 1. The normalized spacial score (nSPS) is 12.4. The first-order valence-electron chi connectivity index (χ1n) is 6.65. The van der Waals surface area contributed by atoms with Crippen molar-refractivity contribution < 1.29 is 0 Å². The summed E-state index contributed by atoms with van der Waals surface area (Å²) < 4.78 is 0. The standard InChI is InChI=1S/C13H25N5/c1-3-5-6-7-10(4-2)18(16)11-8-9-17-13(15)12(11)14/h8-10H,3-7,14,16H2,1-2H3,(H2,15,17). The van der Waals surface area contributed by atoms with E-state index in [-0.39, 0.29) is 0 Å². The van der Waals surface area contributed by atoms with Crippen molar-refractivity contribution in [2.24, 2.45) is 5.84 Å². The second kappa shape index (κ2) is 7.06. The molecule has 0 aliphatic heterocycles. The fraction of sp³-hybridized carbons (Fsp3) is 0.615. The van der Waals surface area contributed by atoms with Crippen LogP contribution in [0.15, 0.2) is 12.3 Å². The van der Waals surface area contributed by atoms with Gasteiger partial charge in [-0.3, -0.25) is 0 Å². The molecule has 1 rings (SSSR count). The van der Waals surface area contributed by atoms with Crippen molar-refractivity contribution in [1.29, 1.82) is 0 Å². The van der Waals surface area contributed by atoms with Crippen LogP contribution in [-0.4, -0.2) is 11.0 Å². The number of aromatic nitrogens is 1. The molecular formula is C13H25N5. The van der Waals surface area contributed by atoms with Crippen LogP contribution in [0.5, 0.6) is 0 Å². The molecule has 1 unspecified atom stereocenters. The maximum absolute atomic E-state index is 6.17. The number of rotatable bonds is 7. The SMILES string of the molecule is CCCCCC(CC)N(N)c1ccnc(N)c1N. The highest BCUT2D eigenvalue weighted by molar-refractivity contribution is 5.76. The maximum atomic E-state index is 6.17. The largest absolute Gasteiger partial charge is 0.394 e. The van der Waals surface area contributed by atoms with E-state index in [1.54, 1.807) is 11.2 Å². The Labute approximate surface area is 109 Å². The number of hydrazine groups is 1. The van der Waals surface area contributed by atoms with Gasteiger partial charge in [0.2, 0.25) is 0 Å². The summed E-state index contributed by atoms with van der Waals surface area (Å²) in [6.07, 6.45) is 7.33. The molecule has 1 atom stereocenters. The zero-order chi connectivity index (χ0) is 13.5. The Hall–Kier alpha value is -1.49. The molecule has 1 aromatic heterocycles. The van der Waals surface area contributed by atoms with Gasteiger partial charge in [0, 0.05) is 12.2 Å². The first-order chi connectivity index (χ1) is 8.61. The van der Waals surface area contributed by atoms with Gasteiger partial charge in [-0.15, -0.1) is 0 Å². The summed E-state index contributed by atoms with van der Waals surface area (Å²) in [5, 5.41) is 1.74. The minimum Gasteiger partial charge on any atom is -0.394 e. The molecule has 0 spiro atoms. The topological polar surface area (TPSA) is 94.2 Å². The maximum Gasteiger partial charge on any atom is 0.148 e. The second-order valence-corrected chi connectivity index (χ2v) is 4.59. The van der Waals surface area contributed by atoms with Gasteiger partial charge in [-0.1, -0.05) is 33.1 Å². The summed E-state index contributed by atoms with van der Waals surface area (Å²) in [5.41, 5.74) is 12.9. The summed E-state index contributed by atoms with van der Waals surface area (Å²) in [5.74, 6) is 6.51. The molecule has 0 aliphatic rings. The monoisotopic (exact) mass is 251 g/mol. The van der Waals surface area contributed by atoms with Crippen molar-refractivity contribution in [3.05, 3.63) is 12.3 Å². The van der Waals surface area contributed by atoms with Crippen LogP contribution in [0.4, 0.5) is 17.2 Å². The lowest BCUT2D eigenvalue weighted by Crippen LogP contribution is -2.41. The Morgan fingerprint density at radius 2 is 2.00 bits per heavy atom. The molecule has 18 heavy (non-hydrogen) atoms. The summed E-state index contributed by atoms with van der Waals surface area (Å²) >= 11 is 0. The average Bonchev–Trinajstić information content (AvgIpc) is 2.37. The third-order valence-electron chi connectivity index (χ3n) is 3.28. The predicted octanol–water partition coefficient (Wildman–Crippen LogP) is 2.29. The van der Waals surface area contributed by atoms with Crippen LogP contribution in [0.1, 0.15) is 46.0 Å². The molecule has 6 N–H and O–H groups in total. The quantitative estimate of drug-likeness (QED) is 0.392. The summed E-state index contributed by atoms with van der Waals surface area (Å²) in [4.78, 5) is 3.95. The molecule has 0 amide bonds. The first-order valence-corrected chi connectivity index (χ1v) is 6.65. The van der Waals surface area contributed by atoms with E-state index in [0.29, 0.717) is 17.5 Å². The Balaban J connectivity index is 2.76. The molecule has 102 valence electrons. The van der Waals surface area contributed by atoms with Gasteiger partial charge in [-0.2, -0.15) is 0 Å². The molecule has 0 saturated heterocycles. The van der Waals surface area contributed by atoms with Gasteiger partial charge in [0.25, 0.3) is 0 Å². The minimum absolute atomic E-state index is 0.292. The van der Waals surface area contributed by atoms with E-state index in [9.17, 15) is 0 Å². The zero-order valence-corrected chi connectivity index (χ0v) is 11.4. The summed E-state index contributed by atoms with van der Waals surface area (Å²) in [7, 11) is 0. The van der Waals surface area contributed by atoms with Crippen molar-refractivity contribution in [3.8, 4) is 0 Å². The van der Waals surface area contributed by atoms with Crippen LogP contribution in [0, 0.1) is 0 Å². The van der Waals surface area contributed by atoms with Gasteiger partial charge in [0.1, 0.15) is 5.82 Å². The van der Waals surface area contributed by atoms with Crippen molar-refractivity contribution in [3.63, 3.8) is 0 Å². The van der Waals surface area contributed by atoms with Crippen LogP contribution in [0.3, 0.4) is 0 Å². The predicted molar refractivity (Wildman–Crippen MR) is 77.9 cm³/mol. The first kappa shape index (κ1) is 14.6. The lowest BCUT2D eigenvalue weighted by molar-refractivity contribution is 0.510. The fourth-order valence-electron chi connectivity index (χ4n) is 2.07. The van der Waals surface area contributed by atoms with E-state index >= 15 is 0 Å². The number of anilines is 3. The Morgan fingerprint density at radius 3 is 2.61 bits per heavy atom. The van der Waals surface area contributed by atoms with E-state index in [1.165, 1.54) is 19.3 Å². The number of nitrogens with two attached hydrogens (primary N) is 3. The number of nitrogens with zero attached hydrogens (tertiary/aromatic N) is 2. The Bertz CT molecular complexity index is 366. The smallest absolute Gasteiger partial charge is 0.148 e. The van der Waals surface area contributed by atoms with Crippen molar-refractivity contribution in [1.82, 2.24) is 4.98 Å². The van der Waals surface area contributed by atoms with Gasteiger partial charge in [0.05, 0.1) is 11.4 Å². The van der Waals surface area contributed by atoms with Gasteiger partial charge in [-0.25, -0.2) is 10.8 Å². The molecule has 0 bridgehead atoms. The number of nitrogen functional groups attached to an aromatic ring is 2. The molecule has 0 radical (unpaired) electrons. The molecule has 5 nitrogen and oxygen atoms in total. The molecule has 1 heterocycles. The van der Waals surface area contributed by atoms with Crippen LogP contribution < -0.4 is 22.3 Å². The summed E-state index contributed by atoms with van der Waals surface area (Å²) in [6, 6.07) is 2.11. The van der Waals surface area contributed by atoms with Gasteiger partial charge >= 0.3 is 0 Å². The number of hydrogen-bond donors (Lipinski definition) is 3. The van der Waals surface area contributed by atoms with Crippen molar-refractivity contribution in [2.45, 2.75) is 52.0 Å². The van der Waals surface area contributed by atoms with Gasteiger partial charge < -0.3 is 16.5 Å². The van der Waals surface area contributed by atoms with Crippen molar-refractivity contribution >= 4 is 17.2 Å². The number of hydrogen-bond acceptors (Lipinski definition) is 5. The van der Waals surface area contributed by atoms with Crippen LogP contribution in [0.25, 0.3) is 0 Å². The van der Waals surface area contributed by atoms with Gasteiger partial charge in [-0.05, 0) is 18.9 Å². The summed E-state index contributed by atoms with van der Waals surface area (Å²) in [6.45, 7) is 4.33. The molecule has 0 fully saturated rings. The third kappa shape index (κ3) is 3.50. The minimum atomic E-state index is 0.292. The lowest BCUT2D eigenvalue weighted by Gasteiger charge is -2.29. The average molecular weight is 251 g/mol. The third-order valence-corrected chi connectivity index (χ3v) is 3.28. The van der Waals surface area contributed by atoms with Crippen LogP contribution in [-0.2, 0) is 0 Å². The highest BCUT2D eigenvalue weighted by Gasteiger charge is 2.17. The van der Waals surface area contributed by atoms with E-state index in [0.717, 1.165) is 18.5 Å². The molecule has 5 heteroatoms. The van der Waals surface area contributed by atoms with Gasteiger partial charge in [0.15, 0.2) is 0 Å². The molecule has 0 aliphatic carbocycles. The molecule has 1 aromatic rings.